The van der Waals surface area contributed by atoms with Gasteiger partial charge in [-0.05, 0) is 18.6 Å². The summed E-state index contributed by atoms with van der Waals surface area (Å²) in [7, 11) is -3.46. The first-order valence-corrected chi connectivity index (χ1v) is 6.18. The van der Waals surface area contributed by atoms with Crippen molar-refractivity contribution >= 4 is 10.1 Å². The van der Waals surface area contributed by atoms with Crippen molar-refractivity contribution < 1.29 is 18.1 Å². The molecule has 0 amide bonds. The van der Waals surface area contributed by atoms with E-state index in [4.69, 9.17) is 4.18 Å². The maximum absolute atomic E-state index is 10.9. The Labute approximate surface area is 89.5 Å². The zero-order valence-electron chi connectivity index (χ0n) is 8.73. The largest absolute Gasteiger partial charge is 0.412 e. The van der Waals surface area contributed by atoms with E-state index in [-0.39, 0.29) is 5.48 Å². The second-order valence-electron chi connectivity index (χ2n) is 2.99. The lowest BCUT2D eigenvalue weighted by Crippen LogP contribution is -2.08. The van der Waals surface area contributed by atoms with Crippen LogP contribution in [0.3, 0.4) is 0 Å². The Hall–Kier alpha value is -1.14. The zero-order chi connectivity index (χ0) is 10.6. The van der Waals surface area contributed by atoms with Gasteiger partial charge in [-0.2, -0.15) is 8.42 Å². The van der Waals surface area contributed by atoms with Crippen molar-refractivity contribution in [2.45, 2.75) is 19.8 Å². The second kappa shape index (κ2) is 5.67. The molecule has 0 unspecified atom stereocenters. The van der Waals surface area contributed by atoms with Crippen LogP contribution >= 0.6 is 0 Å². The molecule has 0 radical (unpaired) electrons. The SMILES string of the molecule is CCCc1ncccc1OS(C)(=O)=O.O. The first kappa shape index (κ1) is 13.9. The third-order valence-electron chi connectivity index (χ3n) is 1.58. The van der Waals surface area contributed by atoms with E-state index in [1.807, 2.05) is 6.92 Å². The summed E-state index contributed by atoms with van der Waals surface area (Å²) in [5.41, 5.74) is 0.681. The molecule has 0 aliphatic rings. The number of hydrogen-bond donors (Lipinski definition) is 0. The Morgan fingerprint density at radius 1 is 1.47 bits per heavy atom. The monoisotopic (exact) mass is 233 g/mol. The molecule has 0 aromatic carbocycles. The number of pyridine rings is 1. The Morgan fingerprint density at radius 2 is 2.13 bits per heavy atom. The van der Waals surface area contributed by atoms with Gasteiger partial charge in [0.15, 0.2) is 5.75 Å². The molecule has 1 rings (SSSR count). The smallest absolute Gasteiger partial charge is 0.306 e. The summed E-state index contributed by atoms with van der Waals surface area (Å²) in [6, 6.07) is 3.26. The van der Waals surface area contributed by atoms with Crippen LogP contribution in [0, 0.1) is 0 Å². The fourth-order valence-electron chi connectivity index (χ4n) is 1.09. The van der Waals surface area contributed by atoms with Crippen molar-refractivity contribution in [1.29, 1.82) is 0 Å². The Bertz CT molecular complexity index is 402. The lowest BCUT2D eigenvalue weighted by atomic mass is 10.2. The van der Waals surface area contributed by atoms with Crippen LogP contribution in [-0.4, -0.2) is 25.1 Å². The predicted octanol–water partition coefficient (Wildman–Crippen LogP) is 0.548. The molecule has 0 spiro atoms. The molecule has 0 atom stereocenters. The standard InChI is InChI=1S/C9H13NO3S.H2O/c1-3-5-8-9(6-4-7-10-8)13-14(2,11)12;/h4,6-7H,3,5H2,1-2H3;1H2. The Kier molecular flexibility index (Phi) is 5.24. The topological polar surface area (TPSA) is 87.8 Å². The number of aryl methyl sites for hydroxylation is 1. The van der Waals surface area contributed by atoms with E-state index in [1.165, 1.54) is 0 Å². The highest BCUT2D eigenvalue weighted by atomic mass is 32.2. The quantitative estimate of drug-likeness (QED) is 0.710. The summed E-state index contributed by atoms with van der Waals surface area (Å²) < 4.78 is 26.6. The average molecular weight is 233 g/mol. The maximum atomic E-state index is 10.9. The number of nitrogens with zero attached hydrogens (tertiary/aromatic N) is 1. The number of aromatic nitrogens is 1. The van der Waals surface area contributed by atoms with Crippen LogP contribution in [0.25, 0.3) is 0 Å². The fraction of sp³-hybridized carbons (Fsp3) is 0.444. The molecular weight excluding hydrogens is 218 g/mol. The van der Waals surface area contributed by atoms with Gasteiger partial charge in [0.2, 0.25) is 0 Å². The number of hydrogen-bond acceptors (Lipinski definition) is 4. The molecule has 2 N–H and O–H groups in total. The highest BCUT2D eigenvalue weighted by Gasteiger charge is 2.09. The summed E-state index contributed by atoms with van der Waals surface area (Å²) in [5, 5.41) is 0. The van der Waals surface area contributed by atoms with Crippen molar-refractivity contribution in [3.8, 4) is 5.75 Å². The molecule has 0 fully saturated rings. The average Bonchev–Trinajstić information content (AvgIpc) is 2.06. The summed E-state index contributed by atoms with van der Waals surface area (Å²) in [4.78, 5) is 4.06. The Balaban J connectivity index is 0.00000196. The van der Waals surface area contributed by atoms with Crippen LogP contribution < -0.4 is 4.18 Å². The second-order valence-corrected chi connectivity index (χ2v) is 4.56. The van der Waals surface area contributed by atoms with Gasteiger partial charge in [0.05, 0.1) is 11.9 Å². The summed E-state index contributed by atoms with van der Waals surface area (Å²) in [6.07, 6.45) is 4.26. The van der Waals surface area contributed by atoms with Gasteiger partial charge in [0, 0.05) is 6.20 Å². The third kappa shape index (κ3) is 4.75. The third-order valence-corrected chi connectivity index (χ3v) is 2.06. The van der Waals surface area contributed by atoms with Crippen LogP contribution in [0.5, 0.6) is 5.75 Å². The van der Waals surface area contributed by atoms with E-state index in [0.717, 1.165) is 12.7 Å². The minimum atomic E-state index is -3.46. The van der Waals surface area contributed by atoms with Gasteiger partial charge >= 0.3 is 10.1 Å². The normalized spacial score (nSPS) is 10.5. The van der Waals surface area contributed by atoms with E-state index in [0.29, 0.717) is 17.9 Å². The molecule has 6 heteroatoms. The first-order valence-electron chi connectivity index (χ1n) is 4.36. The number of rotatable bonds is 4. The van der Waals surface area contributed by atoms with Crippen molar-refractivity contribution in [2.24, 2.45) is 0 Å². The van der Waals surface area contributed by atoms with Crippen LogP contribution in [0.15, 0.2) is 18.3 Å². The van der Waals surface area contributed by atoms with E-state index in [9.17, 15) is 8.42 Å². The highest BCUT2D eigenvalue weighted by molar-refractivity contribution is 7.86. The van der Waals surface area contributed by atoms with Gasteiger partial charge < -0.3 is 9.66 Å². The minimum absolute atomic E-state index is 0. The highest BCUT2D eigenvalue weighted by Crippen LogP contribution is 2.18. The van der Waals surface area contributed by atoms with Gasteiger partial charge in [-0.1, -0.05) is 13.3 Å². The van der Waals surface area contributed by atoms with Crippen molar-refractivity contribution in [3.05, 3.63) is 24.0 Å². The molecule has 0 bridgehead atoms. The molecule has 1 heterocycles. The van der Waals surface area contributed by atoms with Crippen LogP contribution in [0.4, 0.5) is 0 Å². The minimum Gasteiger partial charge on any atom is -0.412 e. The molecule has 1 aromatic rings. The molecule has 0 saturated carbocycles. The van der Waals surface area contributed by atoms with E-state index in [1.54, 1.807) is 18.3 Å². The molecule has 86 valence electrons. The Morgan fingerprint density at radius 3 is 2.67 bits per heavy atom. The van der Waals surface area contributed by atoms with Gasteiger partial charge in [-0.15, -0.1) is 0 Å². The van der Waals surface area contributed by atoms with Crippen molar-refractivity contribution in [3.63, 3.8) is 0 Å². The summed E-state index contributed by atoms with van der Waals surface area (Å²) in [5.74, 6) is 0.330. The van der Waals surface area contributed by atoms with Crippen LogP contribution in [0.2, 0.25) is 0 Å². The van der Waals surface area contributed by atoms with E-state index in [2.05, 4.69) is 4.98 Å². The fourth-order valence-corrected chi connectivity index (χ4v) is 1.56. The molecular formula is C9H15NO4S. The first-order chi connectivity index (χ1) is 6.53. The summed E-state index contributed by atoms with van der Waals surface area (Å²) in [6.45, 7) is 2.00. The summed E-state index contributed by atoms with van der Waals surface area (Å²) >= 11 is 0. The zero-order valence-corrected chi connectivity index (χ0v) is 9.54. The molecule has 0 aliphatic heterocycles. The van der Waals surface area contributed by atoms with Gasteiger partial charge in [-0.3, -0.25) is 4.98 Å². The van der Waals surface area contributed by atoms with Crippen molar-refractivity contribution in [1.82, 2.24) is 4.98 Å². The lowest BCUT2D eigenvalue weighted by Gasteiger charge is -2.06. The van der Waals surface area contributed by atoms with Crippen molar-refractivity contribution in [2.75, 3.05) is 6.26 Å². The maximum Gasteiger partial charge on any atom is 0.306 e. The van der Waals surface area contributed by atoms with Crippen LogP contribution in [0.1, 0.15) is 19.0 Å². The van der Waals surface area contributed by atoms with E-state index >= 15 is 0 Å². The molecule has 1 aromatic heterocycles. The molecule has 15 heavy (non-hydrogen) atoms. The van der Waals surface area contributed by atoms with E-state index < -0.39 is 10.1 Å². The molecule has 5 nitrogen and oxygen atoms in total. The van der Waals surface area contributed by atoms with Crippen LogP contribution in [-0.2, 0) is 16.5 Å². The predicted molar refractivity (Wildman–Crippen MR) is 57.3 cm³/mol. The lowest BCUT2D eigenvalue weighted by molar-refractivity contribution is 0.487. The molecule has 0 saturated heterocycles. The molecule has 0 aliphatic carbocycles. The van der Waals surface area contributed by atoms with Gasteiger partial charge in [0.1, 0.15) is 0 Å². The van der Waals surface area contributed by atoms with Gasteiger partial charge in [0.25, 0.3) is 0 Å². The van der Waals surface area contributed by atoms with Gasteiger partial charge in [-0.25, -0.2) is 0 Å².